The van der Waals surface area contributed by atoms with Crippen LogP contribution in [0, 0.1) is 0 Å². The van der Waals surface area contributed by atoms with E-state index in [-0.39, 0.29) is 0 Å². The Kier molecular flexibility index (Phi) is 2.77. The van der Waals surface area contributed by atoms with E-state index in [1.165, 1.54) is 33.4 Å². The third-order valence-electron chi connectivity index (χ3n) is 3.54. The number of benzene rings is 2. The molecule has 0 fully saturated rings. The smallest absolute Gasteiger partial charge is 0.0178 e. The van der Waals surface area contributed by atoms with Crippen LogP contribution < -0.4 is 5.73 Å². The van der Waals surface area contributed by atoms with Crippen LogP contribution in [0.1, 0.15) is 23.6 Å². The molecule has 0 bridgehead atoms. The van der Waals surface area contributed by atoms with Crippen LogP contribution in [-0.4, -0.2) is 0 Å². The van der Waals surface area contributed by atoms with Gasteiger partial charge in [-0.2, -0.15) is 0 Å². The largest absolute Gasteiger partial charge is 0.326 e. The second-order valence-corrected chi connectivity index (χ2v) is 4.95. The number of hydrogen-bond donors (Lipinski definition) is 1. The Labute approximate surface area is 108 Å². The Balaban J connectivity index is 2.11. The third-order valence-corrected chi connectivity index (χ3v) is 3.54. The van der Waals surface area contributed by atoms with Crippen LogP contribution in [0.15, 0.2) is 48.0 Å². The summed E-state index contributed by atoms with van der Waals surface area (Å²) < 4.78 is 0. The van der Waals surface area contributed by atoms with Gasteiger partial charge in [0.25, 0.3) is 0 Å². The van der Waals surface area contributed by atoms with Crippen LogP contribution in [0.4, 0.5) is 0 Å². The molecule has 0 amide bonds. The molecule has 0 heterocycles. The van der Waals surface area contributed by atoms with Gasteiger partial charge in [0.15, 0.2) is 0 Å². The highest BCUT2D eigenvalue weighted by molar-refractivity contribution is 5.77. The van der Waals surface area contributed by atoms with Gasteiger partial charge in [-0.15, -0.1) is 0 Å². The average molecular weight is 235 g/mol. The fourth-order valence-corrected chi connectivity index (χ4v) is 2.67. The van der Waals surface area contributed by atoms with Crippen molar-refractivity contribution < 1.29 is 0 Å². The van der Waals surface area contributed by atoms with Crippen molar-refractivity contribution in [3.05, 3.63) is 64.7 Å². The van der Waals surface area contributed by atoms with E-state index in [1.807, 2.05) is 0 Å². The average Bonchev–Trinajstić information content (AvgIpc) is 2.78. The van der Waals surface area contributed by atoms with E-state index in [2.05, 4.69) is 55.5 Å². The summed E-state index contributed by atoms with van der Waals surface area (Å²) in [6.45, 7) is 2.79. The van der Waals surface area contributed by atoms with E-state index in [9.17, 15) is 0 Å². The molecule has 1 aliphatic rings. The molecule has 0 atom stereocenters. The first-order chi connectivity index (χ1) is 8.78. The van der Waals surface area contributed by atoms with Gasteiger partial charge in [0.05, 0.1) is 0 Å². The molecule has 3 rings (SSSR count). The molecular formula is C17H17N. The molecule has 2 aromatic carbocycles. The van der Waals surface area contributed by atoms with Crippen molar-refractivity contribution in [1.82, 2.24) is 0 Å². The van der Waals surface area contributed by atoms with Gasteiger partial charge in [-0.3, -0.25) is 0 Å². The molecule has 0 spiro atoms. The first kappa shape index (κ1) is 11.2. The van der Waals surface area contributed by atoms with Crippen molar-refractivity contribution in [2.75, 3.05) is 0 Å². The van der Waals surface area contributed by atoms with Crippen LogP contribution in [0.5, 0.6) is 0 Å². The molecule has 0 saturated heterocycles. The number of fused-ring (bicyclic) bond motifs is 1. The summed E-state index contributed by atoms with van der Waals surface area (Å²) in [5.74, 6) is 0. The zero-order chi connectivity index (χ0) is 12.5. The SMILES string of the molecule is CC1=Cc2cccc(-c3cccc(CN)c3)c2C1. The molecule has 0 aromatic heterocycles. The van der Waals surface area contributed by atoms with E-state index in [1.54, 1.807) is 0 Å². The lowest BCUT2D eigenvalue weighted by atomic mass is 9.95. The van der Waals surface area contributed by atoms with Crippen molar-refractivity contribution in [2.45, 2.75) is 19.9 Å². The summed E-state index contributed by atoms with van der Waals surface area (Å²) in [6.07, 6.45) is 3.35. The van der Waals surface area contributed by atoms with E-state index in [0.29, 0.717) is 6.54 Å². The molecule has 1 heteroatoms. The van der Waals surface area contributed by atoms with Gasteiger partial charge in [-0.1, -0.05) is 48.0 Å². The zero-order valence-corrected chi connectivity index (χ0v) is 10.6. The quantitative estimate of drug-likeness (QED) is 0.842. The Morgan fingerprint density at radius 2 is 1.94 bits per heavy atom. The number of hydrogen-bond acceptors (Lipinski definition) is 1. The Morgan fingerprint density at radius 3 is 2.78 bits per heavy atom. The zero-order valence-electron chi connectivity index (χ0n) is 10.6. The van der Waals surface area contributed by atoms with Gasteiger partial charge in [0, 0.05) is 6.54 Å². The first-order valence-corrected chi connectivity index (χ1v) is 6.36. The van der Waals surface area contributed by atoms with Gasteiger partial charge < -0.3 is 5.73 Å². The highest BCUT2D eigenvalue weighted by Gasteiger charge is 2.14. The van der Waals surface area contributed by atoms with Crippen LogP contribution >= 0.6 is 0 Å². The minimum absolute atomic E-state index is 0.597. The molecule has 0 saturated carbocycles. The molecule has 2 N–H and O–H groups in total. The van der Waals surface area contributed by atoms with Crippen LogP contribution in [0.3, 0.4) is 0 Å². The molecule has 0 aliphatic heterocycles. The second-order valence-electron chi connectivity index (χ2n) is 4.95. The van der Waals surface area contributed by atoms with Gasteiger partial charge in [0.1, 0.15) is 0 Å². The lowest BCUT2D eigenvalue weighted by Crippen LogP contribution is -1.96. The molecule has 1 aliphatic carbocycles. The normalized spacial score (nSPS) is 13.3. The lowest BCUT2D eigenvalue weighted by Gasteiger charge is -2.10. The summed E-state index contributed by atoms with van der Waals surface area (Å²) >= 11 is 0. The minimum Gasteiger partial charge on any atom is -0.326 e. The summed E-state index contributed by atoms with van der Waals surface area (Å²) in [5, 5.41) is 0. The number of rotatable bonds is 2. The predicted octanol–water partition coefficient (Wildman–Crippen LogP) is 3.77. The van der Waals surface area contributed by atoms with E-state index < -0.39 is 0 Å². The number of allylic oxidation sites excluding steroid dienone is 1. The third kappa shape index (κ3) is 1.87. The maximum Gasteiger partial charge on any atom is 0.0178 e. The Bertz CT molecular complexity index is 623. The summed E-state index contributed by atoms with van der Waals surface area (Å²) in [7, 11) is 0. The summed E-state index contributed by atoms with van der Waals surface area (Å²) in [6, 6.07) is 15.1. The van der Waals surface area contributed by atoms with Crippen LogP contribution in [0.2, 0.25) is 0 Å². The lowest BCUT2D eigenvalue weighted by molar-refractivity contribution is 1.07. The first-order valence-electron chi connectivity index (χ1n) is 6.36. The molecule has 0 radical (unpaired) electrons. The monoisotopic (exact) mass is 235 g/mol. The molecule has 90 valence electrons. The van der Waals surface area contributed by atoms with Gasteiger partial charge in [-0.25, -0.2) is 0 Å². The fourth-order valence-electron chi connectivity index (χ4n) is 2.67. The molecule has 18 heavy (non-hydrogen) atoms. The van der Waals surface area contributed by atoms with Gasteiger partial charge in [-0.05, 0) is 47.2 Å². The summed E-state index contributed by atoms with van der Waals surface area (Å²) in [5.41, 5.74) is 13.8. The topological polar surface area (TPSA) is 26.0 Å². The van der Waals surface area contributed by atoms with Crippen molar-refractivity contribution in [1.29, 1.82) is 0 Å². The predicted molar refractivity (Wildman–Crippen MR) is 77.1 cm³/mol. The van der Waals surface area contributed by atoms with Crippen LogP contribution in [0.25, 0.3) is 17.2 Å². The van der Waals surface area contributed by atoms with E-state index >= 15 is 0 Å². The number of nitrogens with two attached hydrogens (primary N) is 1. The minimum atomic E-state index is 0.597. The summed E-state index contributed by atoms with van der Waals surface area (Å²) in [4.78, 5) is 0. The van der Waals surface area contributed by atoms with E-state index in [0.717, 1.165) is 6.42 Å². The molecule has 2 aromatic rings. The highest BCUT2D eigenvalue weighted by atomic mass is 14.5. The molecule has 1 nitrogen and oxygen atoms in total. The highest BCUT2D eigenvalue weighted by Crippen LogP contribution is 2.33. The van der Waals surface area contributed by atoms with Crippen molar-refractivity contribution in [3.63, 3.8) is 0 Å². The Morgan fingerprint density at radius 1 is 1.11 bits per heavy atom. The standard InChI is InChI=1S/C17H17N/c1-12-8-14-6-3-7-16(17(14)9-12)15-5-2-4-13(10-15)11-18/h2-8,10H,9,11,18H2,1H3. The molecule has 0 unspecified atom stereocenters. The van der Waals surface area contributed by atoms with Crippen molar-refractivity contribution in [3.8, 4) is 11.1 Å². The fraction of sp³-hybridized carbons (Fsp3) is 0.176. The second kappa shape index (κ2) is 4.43. The van der Waals surface area contributed by atoms with Crippen molar-refractivity contribution >= 4 is 6.08 Å². The molecular weight excluding hydrogens is 218 g/mol. The Hall–Kier alpha value is -1.86. The van der Waals surface area contributed by atoms with Gasteiger partial charge in [0.2, 0.25) is 0 Å². The maximum absolute atomic E-state index is 5.72. The van der Waals surface area contributed by atoms with E-state index in [4.69, 9.17) is 5.73 Å². The van der Waals surface area contributed by atoms with Gasteiger partial charge >= 0.3 is 0 Å². The van der Waals surface area contributed by atoms with Crippen molar-refractivity contribution in [2.24, 2.45) is 5.73 Å². The van der Waals surface area contributed by atoms with Crippen LogP contribution in [-0.2, 0) is 13.0 Å². The maximum atomic E-state index is 5.72.